The summed E-state index contributed by atoms with van der Waals surface area (Å²) in [5.74, 6) is 0.653. The van der Waals surface area contributed by atoms with Crippen molar-refractivity contribution in [1.29, 1.82) is 0 Å². The van der Waals surface area contributed by atoms with Crippen molar-refractivity contribution in [2.24, 2.45) is 5.73 Å². The third kappa shape index (κ3) is 3.76. The molecule has 0 radical (unpaired) electrons. The zero-order valence-electron chi connectivity index (χ0n) is 5.94. The summed E-state index contributed by atoms with van der Waals surface area (Å²) in [5.41, 5.74) is 5.33. The van der Waals surface area contributed by atoms with E-state index in [4.69, 9.17) is 10.5 Å². The molecular weight excluding hydrogens is 207 g/mol. The fourth-order valence-electron chi connectivity index (χ4n) is 0.486. The van der Waals surface area contributed by atoms with E-state index in [9.17, 15) is 0 Å². The molecule has 1 aromatic rings. The minimum atomic E-state index is 0. The summed E-state index contributed by atoms with van der Waals surface area (Å²) in [4.78, 5) is 1.05. The fraction of sp³-hybridized carbons (Fsp3) is 0.400. The standard InChI is InChI=1S/C5H8N2OS.2ClH/c1-8-5-2-4(3-6)9-7-5;;/h2H,3,6H2,1H3;2*1H. The number of rotatable bonds is 2. The minimum absolute atomic E-state index is 0. The molecule has 0 aromatic carbocycles. The second-order valence-electron chi connectivity index (χ2n) is 1.54. The van der Waals surface area contributed by atoms with Crippen LogP contribution < -0.4 is 10.5 Å². The maximum absolute atomic E-state index is 5.33. The van der Waals surface area contributed by atoms with Crippen LogP contribution in [0, 0.1) is 0 Å². The SMILES string of the molecule is COc1cc(CN)sn1.Cl.Cl. The quantitative estimate of drug-likeness (QED) is 0.815. The summed E-state index contributed by atoms with van der Waals surface area (Å²) >= 11 is 1.37. The summed E-state index contributed by atoms with van der Waals surface area (Å²) < 4.78 is 8.79. The Bertz CT molecular complexity index is 176. The smallest absolute Gasteiger partial charge is 0.225 e. The molecule has 0 spiro atoms. The van der Waals surface area contributed by atoms with Crippen molar-refractivity contribution in [3.05, 3.63) is 10.9 Å². The van der Waals surface area contributed by atoms with Crippen molar-refractivity contribution in [3.8, 4) is 5.88 Å². The molecule has 1 aromatic heterocycles. The van der Waals surface area contributed by atoms with Gasteiger partial charge in [-0.15, -0.1) is 24.8 Å². The molecule has 0 amide bonds. The number of nitrogens with two attached hydrogens (primary N) is 1. The summed E-state index contributed by atoms with van der Waals surface area (Å²) in [6, 6.07) is 1.84. The fourth-order valence-corrected chi connectivity index (χ4v) is 1.05. The highest BCUT2D eigenvalue weighted by Gasteiger charge is 1.96. The Hall–Kier alpha value is -0.0300. The first kappa shape index (κ1) is 13.6. The first-order valence-corrected chi connectivity index (χ1v) is 3.34. The molecule has 1 rings (SSSR count). The molecule has 0 saturated carbocycles. The molecule has 66 valence electrons. The van der Waals surface area contributed by atoms with Crippen molar-refractivity contribution in [1.82, 2.24) is 4.37 Å². The molecule has 6 heteroatoms. The molecule has 1 heterocycles. The van der Waals surface area contributed by atoms with E-state index in [1.165, 1.54) is 11.5 Å². The highest BCUT2D eigenvalue weighted by Crippen LogP contribution is 2.14. The molecule has 3 nitrogen and oxygen atoms in total. The number of nitrogens with zero attached hydrogens (tertiary/aromatic N) is 1. The molecule has 11 heavy (non-hydrogen) atoms. The number of hydrogen-bond donors (Lipinski definition) is 1. The molecule has 0 unspecified atom stereocenters. The van der Waals surface area contributed by atoms with E-state index in [0.29, 0.717) is 12.4 Å². The third-order valence-corrected chi connectivity index (χ3v) is 1.74. The van der Waals surface area contributed by atoms with Crippen LogP contribution in [-0.2, 0) is 6.54 Å². The number of methoxy groups -OCH3 is 1. The summed E-state index contributed by atoms with van der Waals surface area (Å²) in [7, 11) is 1.59. The van der Waals surface area contributed by atoms with E-state index >= 15 is 0 Å². The van der Waals surface area contributed by atoms with Gasteiger partial charge in [0.15, 0.2) is 0 Å². The van der Waals surface area contributed by atoms with E-state index in [0.717, 1.165) is 4.88 Å². The van der Waals surface area contributed by atoms with Crippen LogP contribution in [0.1, 0.15) is 4.88 Å². The number of halogens is 2. The molecule has 0 bridgehead atoms. The van der Waals surface area contributed by atoms with Crippen molar-refractivity contribution in [3.63, 3.8) is 0 Å². The Morgan fingerprint density at radius 1 is 1.64 bits per heavy atom. The van der Waals surface area contributed by atoms with E-state index in [1.807, 2.05) is 6.07 Å². The predicted molar refractivity (Wildman–Crippen MR) is 51.1 cm³/mol. The molecule has 0 aliphatic carbocycles. The van der Waals surface area contributed by atoms with Crippen LogP contribution in [0.25, 0.3) is 0 Å². The van der Waals surface area contributed by atoms with Gasteiger partial charge >= 0.3 is 0 Å². The number of aromatic nitrogens is 1. The normalized spacial score (nSPS) is 7.82. The largest absolute Gasteiger partial charge is 0.480 e. The van der Waals surface area contributed by atoms with Crippen molar-refractivity contribution in [2.75, 3.05) is 7.11 Å². The number of hydrogen-bond acceptors (Lipinski definition) is 4. The van der Waals surface area contributed by atoms with E-state index in [2.05, 4.69) is 4.37 Å². The second kappa shape index (κ2) is 6.67. The molecule has 0 fully saturated rings. The van der Waals surface area contributed by atoms with Gasteiger partial charge in [-0.25, -0.2) is 0 Å². The second-order valence-corrected chi connectivity index (χ2v) is 2.43. The van der Waals surface area contributed by atoms with Gasteiger partial charge in [0, 0.05) is 17.5 Å². The maximum Gasteiger partial charge on any atom is 0.225 e. The van der Waals surface area contributed by atoms with Crippen LogP contribution in [0.2, 0.25) is 0 Å². The Kier molecular flexibility index (Phi) is 8.21. The third-order valence-electron chi connectivity index (χ3n) is 0.948. The van der Waals surface area contributed by atoms with Gasteiger partial charge in [-0.2, -0.15) is 4.37 Å². The summed E-state index contributed by atoms with van der Waals surface area (Å²) in [5, 5.41) is 0. The average Bonchev–Trinajstić information content (AvgIpc) is 2.34. The van der Waals surface area contributed by atoms with Gasteiger partial charge in [-0.3, -0.25) is 0 Å². The summed E-state index contributed by atoms with van der Waals surface area (Å²) in [6.45, 7) is 0.543. The van der Waals surface area contributed by atoms with Crippen LogP contribution in [0.15, 0.2) is 6.07 Å². The van der Waals surface area contributed by atoms with Crippen LogP contribution in [0.4, 0.5) is 0 Å². The van der Waals surface area contributed by atoms with E-state index in [1.54, 1.807) is 7.11 Å². The van der Waals surface area contributed by atoms with Gasteiger partial charge in [0.25, 0.3) is 0 Å². The lowest BCUT2D eigenvalue weighted by Crippen LogP contribution is -1.91. The molecule has 0 saturated heterocycles. The Morgan fingerprint density at radius 2 is 2.27 bits per heavy atom. The number of ether oxygens (including phenoxy) is 1. The van der Waals surface area contributed by atoms with E-state index < -0.39 is 0 Å². The zero-order valence-corrected chi connectivity index (χ0v) is 8.39. The first-order chi connectivity index (χ1) is 4.36. The van der Waals surface area contributed by atoms with Crippen LogP contribution in [0.3, 0.4) is 0 Å². The lowest BCUT2D eigenvalue weighted by Gasteiger charge is -1.86. The Labute approximate surface area is 81.9 Å². The van der Waals surface area contributed by atoms with Crippen molar-refractivity contribution < 1.29 is 4.74 Å². The molecular formula is C5H10Cl2N2OS. The minimum Gasteiger partial charge on any atom is -0.480 e. The monoisotopic (exact) mass is 216 g/mol. The van der Waals surface area contributed by atoms with E-state index in [-0.39, 0.29) is 24.8 Å². The van der Waals surface area contributed by atoms with Gasteiger partial charge in [0.1, 0.15) is 0 Å². The zero-order chi connectivity index (χ0) is 6.69. The topological polar surface area (TPSA) is 48.1 Å². The molecule has 0 aliphatic rings. The van der Waals surface area contributed by atoms with Crippen LogP contribution >= 0.6 is 36.3 Å². The van der Waals surface area contributed by atoms with Crippen molar-refractivity contribution in [2.45, 2.75) is 6.54 Å². The summed E-state index contributed by atoms with van der Waals surface area (Å²) in [6.07, 6.45) is 0. The Balaban J connectivity index is 0. The molecule has 0 atom stereocenters. The maximum atomic E-state index is 5.33. The van der Waals surface area contributed by atoms with Gasteiger partial charge in [0.05, 0.1) is 7.11 Å². The highest BCUT2D eigenvalue weighted by molar-refractivity contribution is 7.05. The van der Waals surface area contributed by atoms with Gasteiger partial charge in [-0.1, -0.05) is 0 Å². The molecule has 2 N–H and O–H groups in total. The molecule has 0 aliphatic heterocycles. The lowest BCUT2D eigenvalue weighted by molar-refractivity contribution is 0.402. The average molecular weight is 217 g/mol. The predicted octanol–water partition coefficient (Wildman–Crippen LogP) is 1.45. The van der Waals surface area contributed by atoms with Crippen LogP contribution in [-0.4, -0.2) is 11.5 Å². The Morgan fingerprint density at radius 3 is 2.55 bits per heavy atom. The first-order valence-electron chi connectivity index (χ1n) is 2.56. The van der Waals surface area contributed by atoms with Gasteiger partial charge in [-0.05, 0) is 11.5 Å². The van der Waals surface area contributed by atoms with Crippen molar-refractivity contribution >= 4 is 36.3 Å². The highest BCUT2D eigenvalue weighted by atomic mass is 35.5. The van der Waals surface area contributed by atoms with Crippen LogP contribution in [0.5, 0.6) is 5.88 Å². The van der Waals surface area contributed by atoms with Gasteiger partial charge in [0.2, 0.25) is 5.88 Å². The lowest BCUT2D eigenvalue weighted by atomic mass is 10.5. The van der Waals surface area contributed by atoms with Gasteiger partial charge < -0.3 is 10.5 Å².